The molecule has 1 saturated heterocycles. The van der Waals surface area contributed by atoms with Gasteiger partial charge in [-0.3, -0.25) is 19.7 Å². The molecule has 1 aliphatic rings. The van der Waals surface area contributed by atoms with Crippen LogP contribution in [0.5, 0.6) is 5.75 Å². The highest BCUT2D eigenvalue weighted by molar-refractivity contribution is 7.09. The Morgan fingerprint density at radius 3 is 2.52 bits per heavy atom. The number of hydrogen-bond acceptors (Lipinski definition) is 8. The number of non-ortho nitro benzene ring substituents is 1. The van der Waals surface area contributed by atoms with Crippen LogP contribution >= 0.6 is 11.3 Å². The number of piperidine rings is 1. The first-order chi connectivity index (χ1) is 19.3. The lowest BCUT2D eigenvalue weighted by Gasteiger charge is -2.31. The van der Waals surface area contributed by atoms with Crippen molar-refractivity contribution >= 4 is 39.7 Å². The van der Waals surface area contributed by atoms with E-state index in [0.717, 1.165) is 34.3 Å². The number of para-hydroxylation sites is 1. The van der Waals surface area contributed by atoms with Crippen LogP contribution in [0.2, 0.25) is 0 Å². The number of likely N-dealkylation sites (tertiary alicyclic amines) is 1. The van der Waals surface area contributed by atoms with Gasteiger partial charge in [-0.05, 0) is 37.0 Å². The quantitative estimate of drug-likeness (QED) is 0.222. The summed E-state index contributed by atoms with van der Waals surface area (Å²) in [5, 5.41) is 14.4. The third kappa shape index (κ3) is 5.79. The number of benzene rings is 2. The van der Waals surface area contributed by atoms with Gasteiger partial charge in [0.05, 0.1) is 22.6 Å². The Balaban J connectivity index is 1.16. The lowest BCUT2D eigenvalue weighted by molar-refractivity contribution is -0.384. The molecule has 1 aliphatic heterocycles. The van der Waals surface area contributed by atoms with Crippen molar-refractivity contribution in [3.8, 4) is 5.75 Å². The highest BCUT2D eigenvalue weighted by Crippen LogP contribution is 2.32. The van der Waals surface area contributed by atoms with E-state index in [0.29, 0.717) is 43.2 Å². The highest BCUT2D eigenvalue weighted by atomic mass is 32.1. The molecule has 0 atom stereocenters. The molecule has 0 saturated carbocycles. The summed E-state index contributed by atoms with van der Waals surface area (Å²) in [6, 6.07) is 15.7. The number of nitro benzene ring substituents is 1. The van der Waals surface area contributed by atoms with Crippen molar-refractivity contribution in [1.29, 1.82) is 0 Å². The standard InChI is InChI=1S/C29H29N5O5S/c1-32(14-11-19-7-9-21(10-8-19)34(37)38)28(35)25-18-40-27(31-25)20-12-15-33(16-13-20)29(36)24-17-26(39-2)22-5-3-4-6-23(22)30-24/h3-10,17-18,20H,11-16H2,1-2H3. The molecule has 40 heavy (non-hydrogen) atoms. The van der Waals surface area contributed by atoms with Crippen LogP contribution in [0.1, 0.15) is 50.3 Å². The highest BCUT2D eigenvalue weighted by Gasteiger charge is 2.28. The van der Waals surface area contributed by atoms with Crippen LogP contribution in [0.25, 0.3) is 10.9 Å². The molecule has 1 fully saturated rings. The third-order valence-electron chi connectivity index (χ3n) is 7.22. The first kappa shape index (κ1) is 27.2. The molecule has 0 radical (unpaired) electrons. The number of ether oxygens (including phenoxy) is 1. The lowest BCUT2D eigenvalue weighted by atomic mass is 9.97. The molecule has 11 heteroatoms. The number of thiazole rings is 1. The molecule has 206 valence electrons. The van der Waals surface area contributed by atoms with Crippen LogP contribution in [-0.2, 0) is 6.42 Å². The van der Waals surface area contributed by atoms with Crippen molar-refractivity contribution in [3.63, 3.8) is 0 Å². The van der Waals surface area contributed by atoms with Gasteiger partial charge in [-0.25, -0.2) is 9.97 Å². The second-order valence-electron chi connectivity index (χ2n) is 9.76. The maximum Gasteiger partial charge on any atom is 0.273 e. The fourth-order valence-electron chi connectivity index (χ4n) is 4.87. The maximum absolute atomic E-state index is 13.2. The van der Waals surface area contributed by atoms with Gasteiger partial charge in [-0.15, -0.1) is 11.3 Å². The van der Waals surface area contributed by atoms with E-state index in [4.69, 9.17) is 4.74 Å². The van der Waals surface area contributed by atoms with E-state index in [1.165, 1.54) is 23.5 Å². The number of amides is 2. The average Bonchev–Trinajstić information content (AvgIpc) is 3.49. The number of aromatic nitrogens is 2. The van der Waals surface area contributed by atoms with Crippen molar-refractivity contribution in [2.45, 2.75) is 25.2 Å². The Kier molecular flexibility index (Phi) is 8.01. The first-order valence-electron chi connectivity index (χ1n) is 13.0. The first-order valence-corrected chi connectivity index (χ1v) is 13.9. The molecule has 0 spiro atoms. The number of carbonyl (C=O) groups excluding carboxylic acids is 2. The van der Waals surface area contributed by atoms with Gasteiger partial charge in [0.25, 0.3) is 17.5 Å². The summed E-state index contributed by atoms with van der Waals surface area (Å²) in [7, 11) is 3.32. The minimum atomic E-state index is -0.430. The molecule has 0 aliphatic carbocycles. The Hall–Kier alpha value is -4.38. The Bertz CT molecular complexity index is 1550. The predicted octanol–water partition coefficient (Wildman–Crippen LogP) is 4.94. The number of methoxy groups -OCH3 is 1. The number of likely N-dealkylation sites (N-methyl/N-ethyl adjacent to an activating group) is 1. The number of pyridine rings is 1. The number of fused-ring (bicyclic) bond motifs is 1. The number of hydrogen-bond donors (Lipinski definition) is 0. The topological polar surface area (TPSA) is 119 Å². The minimum Gasteiger partial charge on any atom is -0.496 e. The molecule has 5 rings (SSSR count). The van der Waals surface area contributed by atoms with E-state index in [1.54, 1.807) is 42.6 Å². The fourth-order valence-corrected chi connectivity index (χ4v) is 5.83. The summed E-state index contributed by atoms with van der Waals surface area (Å²) in [5.41, 5.74) is 2.47. The van der Waals surface area contributed by atoms with Crippen molar-refractivity contribution < 1.29 is 19.2 Å². The van der Waals surface area contributed by atoms with Gasteiger partial charge in [0.1, 0.15) is 17.1 Å². The molecule has 10 nitrogen and oxygen atoms in total. The van der Waals surface area contributed by atoms with E-state index < -0.39 is 4.92 Å². The second-order valence-corrected chi connectivity index (χ2v) is 10.7. The summed E-state index contributed by atoms with van der Waals surface area (Å²) < 4.78 is 5.50. The Morgan fingerprint density at radius 2 is 1.82 bits per heavy atom. The zero-order valence-corrected chi connectivity index (χ0v) is 23.1. The molecule has 0 N–H and O–H groups in total. The van der Waals surface area contributed by atoms with Crippen molar-refractivity contribution in [2.24, 2.45) is 0 Å². The number of rotatable bonds is 8. The van der Waals surface area contributed by atoms with Crippen LogP contribution in [0, 0.1) is 10.1 Å². The third-order valence-corrected chi connectivity index (χ3v) is 8.23. The average molecular weight is 560 g/mol. The van der Waals surface area contributed by atoms with Gasteiger partial charge in [0, 0.05) is 61.6 Å². The largest absolute Gasteiger partial charge is 0.496 e. The van der Waals surface area contributed by atoms with Gasteiger partial charge in [0.15, 0.2) is 0 Å². The van der Waals surface area contributed by atoms with Crippen molar-refractivity contribution in [3.05, 3.63) is 92.1 Å². The number of carbonyl (C=O) groups is 2. The molecular formula is C29H29N5O5S. The van der Waals surface area contributed by atoms with Gasteiger partial charge in [-0.2, -0.15) is 0 Å². The van der Waals surface area contributed by atoms with E-state index in [9.17, 15) is 19.7 Å². The normalized spacial score (nSPS) is 13.8. The van der Waals surface area contributed by atoms with Crippen molar-refractivity contribution in [1.82, 2.24) is 19.8 Å². The van der Waals surface area contributed by atoms with Crippen molar-refractivity contribution in [2.75, 3.05) is 33.8 Å². The van der Waals surface area contributed by atoms with Crippen LogP contribution in [0.4, 0.5) is 5.69 Å². The lowest BCUT2D eigenvalue weighted by Crippen LogP contribution is -2.38. The summed E-state index contributed by atoms with van der Waals surface area (Å²) in [6.45, 7) is 1.63. The van der Waals surface area contributed by atoms with E-state index in [-0.39, 0.29) is 23.4 Å². The fraction of sp³-hybridized carbons (Fsp3) is 0.310. The van der Waals surface area contributed by atoms with Crippen LogP contribution in [0.3, 0.4) is 0 Å². The predicted molar refractivity (Wildman–Crippen MR) is 152 cm³/mol. The van der Waals surface area contributed by atoms with E-state index in [1.807, 2.05) is 29.2 Å². The minimum absolute atomic E-state index is 0.0453. The SMILES string of the molecule is COc1cc(C(=O)N2CCC(c3nc(C(=O)N(C)CCc4ccc([N+](=O)[O-])cc4)cs3)CC2)nc2ccccc12. The molecule has 2 amide bonds. The van der Waals surface area contributed by atoms with Gasteiger partial charge in [-0.1, -0.05) is 24.3 Å². The number of nitrogens with zero attached hydrogens (tertiary/aromatic N) is 5. The smallest absolute Gasteiger partial charge is 0.273 e. The monoisotopic (exact) mass is 559 g/mol. The summed E-state index contributed by atoms with van der Waals surface area (Å²) >= 11 is 1.48. The molecule has 4 aromatic rings. The summed E-state index contributed by atoms with van der Waals surface area (Å²) in [4.78, 5) is 49.3. The number of nitro groups is 1. The molecule has 0 bridgehead atoms. The Labute approximate surface area is 235 Å². The molecule has 2 aromatic carbocycles. The zero-order valence-electron chi connectivity index (χ0n) is 22.3. The van der Waals surface area contributed by atoms with Gasteiger partial charge in [0.2, 0.25) is 0 Å². The second kappa shape index (κ2) is 11.8. The Morgan fingerprint density at radius 1 is 1.10 bits per heavy atom. The van der Waals surface area contributed by atoms with Gasteiger partial charge < -0.3 is 14.5 Å². The molecule has 3 heterocycles. The van der Waals surface area contributed by atoms with Gasteiger partial charge >= 0.3 is 0 Å². The van der Waals surface area contributed by atoms with E-state index in [2.05, 4.69) is 9.97 Å². The van der Waals surface area contributed by atoms with Crippen LogP contribution < -0.4 is 4.74 Å². The summed E-state index contributed by atoms with van der Waals surface area (Å²) in [5.74, 6) is 0.530. The zero-order chi connectivity index (χ0) is 28.2. The molecule has 2 aromatic heterocycles. The van der Waals surface area contributed by atoms with Crippen LogP contribution in [-0.4, -0.2) is 70.3 Å². The molecule has 0 unspecified atom stereocenters. The maximum atomic E-state index is 13.2. The summed E-state index contributed by atoms with van der Waals surface area (Å²) in [6.07, 6.45) is 2.10. The molecular weight excluding hydrogens is 530 g/mol. The van der Waals surface area contributed by atoms with Crippen LogP contribution in [0.15, 0.2) is 60.0 Å². The van der Waals surface area contributed by atoms with E-state index >= 15 is 0 Å².